The second-order valence-corrected chi connectivity index (χ2v) is 5.22. The van der Waals surface area contributed by atoms with Gasteiger partial charge < -0.3 is 10.4 Å². The van der Waals surface area contributed by atoms with Gasteiger partial charge in [-0.15, -0.1) is 11.3 Å². The molecule has 2 aromatic rings. The van der Waals surface area contributed by atoms with Crippen molar-refractivity contribution in [1.29, 1.82) is 0 Å². The summed E-state index contributed by atoms with van der Waals surface area (Å²) in [4.78, 5) is 16.3. The number of benzene rings is 1. The highest BCUT2D eigenvalue weighted by Crippen LogP contribution is 2.21. The van der Waals surface area contributed by atoms with Crippen molar-refractivity contribution in [1.82, 2.24) is 4.98 Å². The smallest absolute Gasteiger partial charge is 0.335 e. The molecule has 2 N–H and O–H groups in total. The standard InChI is InChI=1S/C13H14N2O2S/c1-8-9(2)18-13(15-8)14-7-10-3-5-11(6-4-10)12(16)17/h3-6H,7H2,1-2H3,(H,14,15)(H,16,17). The van der Waals surface area contributed by atoms with E-state index >= 15 is 0 Å². The van der Waals surface area contributed by atoms with Crippen LogP contribution in [0.4, 0.5) is 5.13 Å². The summed E-state index contributed by atoms with van der Waals surface area (Å²) in [6.07, 6.45) is 0. The van der Waals surface area contributed by atoms with Crippen LogP contribution >= 0.6 is 11.3 Å². The first kappa shape index (κ1) is 12.6. The van der Waals surface area contributed by atoms with Gasteiger partial charge in [-0.25, -0.2) is 9.78 Å². The summed E-state index contributed by atoms with van der Waals surface area (Å²) in [5, 5.41) is 12.9. The minimum atomic E-state index is -0.902. The number of carbonyl (C=O) groups is 1. The highest BCUT2D eigenvalue weighted by molar-refractivity contribution is 7.15. The zero-order valence-electron chi connectivity index (χ0n) is 10.2. The van der Waals surface area contributed by atoms with Gasteiger partial charge in [0, 0.05) is 11.4 Å². The van der Waals surface area contributed by atoms with E-state index in [2.05, 4.69) is 10.3 Å². The van der Waals surface area contributed by atoms with Gasteiger partial charge >= 0.3 is 5.97 Å². The summed E-state index contributed by atoms with van der Waals surface area (Å²) in [5.74, 6) is -0.902. The van der Waals surface area contributed by atoms with Gasteiger partial charge in [-0.2, -0.15) is 0 Å². The maximum Gasteiger partial charge on any atom is 0.335 e. The number of aromatic carboxylic acids is 1. The molecule has 0 bridgehead atoms. The summed E-state index contributed by atoms with van der Waals surface area (Å²) in [6, 6.07) is 6.84. The quantitative estimate of drug-likeness (QED) is 0.889. The Morgan fingerprint density at radius 1 is 1.33 bits per heavy atom. The molecule has 0 atom stereocenters. The van der Waals surface area contributed by atoms with Gasteiger partial charge in [0.15, 0.2) is 5.13 Å². The van der Waals surface area contributed by atoms with Crippen molar-refractivity contribution in [2.24, 2.45) is 0 Å². The van der Waals surface area contributed by atoms with Crippen molar-refractivity contribution in [2.45, 2.75) is 20.4 Å². The molecule has 0 saturated carbocycles. The van der Waals surface area contributed by atoms with Crippen LogP contribution in [0.15, 0.2) is 24.3 Å². The molecule has 0 unspecified atom stereocenters. The summed E-state index contributed by atoms with van der Waals surface area (Å²) in [5.41, 5.74) is 2.38. The van der Waals surface area contributed by atoms with Crippen molar-refractivity contribution in [3.05, 3.63) is 46.0 Å². The zero-order chi connectivity index (χ0) is 13.1. The largest absolute Gasteiger partial charge is 0.478 e. The fraction of sp³-hybridized carbons (Fsp3) is 0.231. The van der Waals surface area contributed by atoms with Gasteiger partial charge in [0.2, 0.25) is 0 Å². The van der Waals surface area contributed by atoms with Crippen LogP contribution in [0.25, 0.3) is 0 Å². The number of hydrogen-bond acceptors (Lipinski definition) is 4. The number of nitrogens with one attached hydrogen (secondary N) is 1. The van der Waals surface area contributed by atoms with E-state index in [1.165, 1.54) is 4.88 Å². The van der Waals surface area contributed by atoms with Gasteiger partial charge in [-0.05, 0) is 31.5 Å². The van der Waals surface area contributed by atoms with E-state index in [1.807, 2.05) is 26.0 Å². The highest BCUT2D eigenvalue weighted by atomic mass is 32.1. The monoisotopic (exact) mass is 262 g/mol. The Balaban J connectivity index is 2.00. The van der Waals surface area contributed by atoms with Gasteiger partial charge in [-0.3, -0.25) is 0 Å². The number of thiazole rings is 1. The molecule has 0 fully saturated rings. The molecule has 18 heavy (non-hydrogen) atoms. The molecule has 0 aliphatic rings. The molecule has 94 valence electrons. The molecule has 0 spiro atoms. The lowest BCUT2D eigenvalue weighted by Crippen LogP contribution is -2.00. The summed E-state index contributed by atoms with van der Waals surface area (Å²) >= 11 is 1.63. The maximum atomic E-state index is 10.7. The van der Waals surface area contributed by atoms with Gasteiger partial charge in [0.05, 0.1) is 11.3 Å². The molecule has 0 aliphatic carbocycles. The number of carboxylic acids is 1. The summed E-state index contributed by atoms with van der Waals surface area (Å²) in [7, 11) is 0. The molecule has 0 radical (unpaired) electrons. The van der Waals surface area contributed by atoms with Crippen LogP contribution in [0.5, 0.6) is 0 Å². The van der Waals surface area contributed by atoms with Gasteiger partial charge in [-0.1, -0.05) is 12.1 Å². The van der Waals surface area contributed by atoms with Crippen molar-refractivity contribution >= 4 is 22.4 Å². The van der Waals surface area contributed by atoms with Crippen LogP contribution in [0.1, 0.15) is 26.5 Å². The minimum absolute atomic E-state index is 0.305. The average Bonchev–Trinajstić information content (AvgIpc) is 2.67. The number of carboxylic acid groups (broad SMARTS) is 1. The Hall–Kier alpha value is -1.88. The van der Waals surface area contributed by atoms with Crippen molar-refractivity contribution in [2.75, 3.05) is 5.32 Å². The Kier molecular flexibility index (Phi) is 3.62. The normalized spacial score (nSPS) is 10.3. The molecule has 5 heteroatoms. The zero-order valence-corrected chi connectivity index (χ0v) is 11.0. The maximum absolute atomic E-state index is 10.7. The highest BCUT2D eigenvalue weighted by Gasteiger charge is 2.04. The average molecular weight is 262 g/mol. The number of rotatable bonds is 4. The van der Waals surface area contributed by atoms with Crippen LogP contribution < -0.4 is 5.32 Å². The summed E-state index contributed by atoms with van der Waals surface area (Å²) < 4.78 is 0. The van der Waals surface area contributed by atoms with Crippen LogP contribution in [0.2, 0.25) is 0 Å². The SMILES string of the molecule is Cc1nc(NCc2ccc(C(=O)O)cc2)sc1C. The predicted octanol–water partition coefficient (Wildman–Crippen LogP) is 3.07. The lowest BCUT2D eigenvalue weighted by Gasteiger charge is -2.03. The van der Waals surface area contributed by atoms with E-state index in [1.54, 1.807) is 23.5 Å². The van der Waals surface area contributed by atoms with E-state index in [-0.39, 0.29) is 0 Å². The first-order valence-corrected chi connectivity index (χ1v) is 6.38. The molecular formula is C13H14N2O2S. The van der Waals surface area contributed by atoms with Crippen LogP contribution in [-0.2, 0) is 6.54 Å². The second-order valence-electron chi connectivity index (χ2n) is 4.02. The third-order valence-electron chi connectivity index (χ3n) is 2.67. The van der Waals surface area contributed by atoms with Crippen LogP contribution in [0, 0.1) is 13.8 Å². The minimum Gasteiger partial charge on any atom is -0.478 e. The number of anilines is 1. The van der Waals surface area contributed by atoms with E-state index in [4.69, 9.17) is 5.11 Å². The third kappa shape index (κ3) is 2.87. The number of nitrogens with zero attached hydrogens (tertiary/aromatic N) is 1. The van der Waals surface area contributed by atoms with Crippen molar-refractivity contribution in [3.8, 4) is 0 Å². The molecular weight excluding hydrogens is 248 g/mol. The van der Waals surface area contributed by atoms with Crippen molar-refractivity contribution in [3.63, 3.8) is 0 Å². The third-order valence-corrected chi connectivity index (χ3v) is 3.70. The van der Waals surface area contributed by atoms with E-state index in [0.717, 1.165) is 16.4 Å². The fourth-order valence-corrected chi connectivity index (χ4v) is 2.30. The summed E-state index contributed by atoms with van der Waals surface area (Å²) in [6.45, 7) is 4.67. The predicted molar refractivity (Wildman–Crippen MR) is 72.3 cm³/mol. The molecule has 1 heterocycles. The molecule has 0 saturated heterocycles. The van der Waals surface area contributed by atoms with Gasteiger partial charge in [0.1, 0.15) is 0 Å². The first-order valence-electron chi connectivity index (χ1n) is 5.56. The van der Waals surface area contributed by atoms with Crippen molar-refractivity contribution < 1.29 is 9.90 Å². The Bertz CT molecular complexity index is 541. The molecule has 0 aliphatic heterocycles. The number of aromatic nitrogens is 1. The molecule has 2 rings (SSSR count). The van der Waals surface area contributed by atoms with E-state index in [9.17, 15) is 4.79 Å². The Morgan fingerprint density at radius 3 is 2.50 bits per heavy atom. The second kappa shape index (κ2) is 5.18. The first-order chi connectivity index (χ1) is 8.56. The Morgan fingerprint density at radius 2 is 2.00 bits per heavy atom. The van der Waals surface area contributed by atoms with Crippen LogP contribution in [0.3, 0.4) is 0 Å². The number of hydrogen-bond donors (Lipinski definition) is 2. The van der Waals surface area contributed by atoms with E-state index < -0.39 is 5.97 Å². The topological polar surface area (TPSA) is 62.2 Å². The molecule has 1 aromatic heterocycles. The van der Waals surface area contributed by atoms with Gasteiger partial charge in [0.25, 0.3) is 0 Å². The fourth-order valence-electron chi connectivity index (χ4n) is 1.49. The lowest BCUT2D eigenvalue weighted by atomic mass is 10.1. The van der Waals surface area contributed by atoms with E-state index in [0.29, 0.717) is 12.1 Å². The lowest BCUT2D eigenvalue weighted by molar-refractivity contribution is 0.0697. The van der Waals surface area contributed by atoms with Crippen LogP contribution in [-0.4, -0.2) is 16.1 Å². The number of aryl methyl sites for hydroxylation is 2. The molecule has 4 nitrogen and oxygen atoms in total. The molecule has 1 aromatic carbocycles. The Labute approximate surface area is 109 Å². The molecule has 0 amide bonds.